The maximum atomic E-state index is 10.4. The molecule has 0 atom stereocenters. The normalized spacial score (nSPS) is 17.7. The van der Waals surface area contributed by atoms with E-state index in [2.05, 4.69) is 36.2 Å². The van der Waals surface area contributed by atoms with E-state index in [0.29, 0.717) is 0 Å². The molecule has 0 spiro atoms. The second-order valence-electron chi connectivity index (χ2n) is 4.14. The van der Waals surface area contributed by atoms with Gasteiger partial charge in [-0.15, -0.1) is 0 Å². The Hall–Kier alpha value is -1.40. The summed E-state index contributed by atoms with van der Waals surface area (Å²) in [5.74, 6) is 0. The fourth-order valence-electron chi connectivity index (χ4n) is 2.14. The van der Waals surface area contributed by atoms with E-state index in [0.717, 1.165) is 25.7 Å². The van der Waals surface area contributed by atoms with Crippen LogP contribution in [-0.2, 0) is 16.8 Å². The van der Waals surface area contributed by atoms with Crippen molar-refractivity contribution in [3.8, 4) is 0 Å². The van der Waals surface area contributed by atoms with Gasteiger partial charge in [0.05, 0.1) is 5.54 Å². The molecule has 1 fully saturated rings. The molecule has 1 aromatic rings. The molecule has 0 unspecified atom stereocenters. The van der Waals surface area contributed by atoms with Crippen LogP contribution in [0.4, 0.5) is 0 Å². The Morgan fingerprint density at radius 2 is 2.27 bits per heavy atom. The molecule has 0 bridgehead atoms. The molecule has 0 N–H and O–H groups in total. The molecule has 2 heteroatoms. The van der Waals surface area contributed by atoms with Crippen molar-refractivity contribution >= 4 is 6.08 Å². The third-order valence-corrected chi connectivity index (χ3v) is 3.31. The van der Waals surface area contributed by atoms with Crippen LogP contribution in [0.3, 0.4) is 0 Å². The Balaban J connectivity index is 2.38. The van der Waals surface area contributed by atoms with Gasteiger partial charge in [-0.1, -0.05) is 31.2 Å². The number of carbonyl (C=O) groups excluding carboxylic acids is 1. The Labute approximate surface area is 90.0 Å². The van der Waals surface area contributed by atoms with Crippen LogP contribution in [0, 0.1) is 0 Å². The Morgan fingerprint density at radius 3 is 2.80 bits per heavy atom. The zero-order valence-electron chi connectivity index (χ0n) is 8.99. The first-order chi connectivity index (χ1) is 7.30. The molecule has 1 aliphatic rings. The summed E-state index contributed by atoms with van der Waals surface area (Å²) in [7, 11) is 0. The van der Waals surface area contributed by atoms with E-state index in [4.69, 9.17) is 0 Å². The monoisotopic (exact) mass is 201 g/mol. The standard InChI is InChI=1S/C13H15NO/c1-2-11-5-3-6-12(9-11)13(14-10-15)7-4-8-13/h3,5-6,9H,2,4,7-8H2,1H3. The number of nitrogens with zero attached hydrogens (tertiary/aromatic N) is 1. The van der Waals surface area contributed by atoms with Gasteiger partial charge < -0.3 is 0 Å². The molecule has 0 saturated heterocycles. The molecule has 1 saturated carbocycles. The Morgan fingerprint density at radius 1 is 1.47 bits per heavy atom. The number of isocyanates is 1. The van der Waals surface area contributed by atoms with Crippen LogP contribution >= 0.6 is 0 Å². The summed E-state index contributed by atoms with van der Waals surface area (Å²) < 4.78 is 0. The van der Waals surface area contributed by atoms with Gasteiger partial charge >= 0.3 is 0 Å². The highest BCUT2D eigenvalue weighted by molar-refractivity contribution is 5.40. The third-order valence-electron chi connectivity index (χ3n) is 3.31. The lowest BCUT2D eigenvalue weighted by Gasteiger charge is -2.37. The summed E-state index contributed by atoms with van der Waals surface area (Å²) in [4.78, 5) is 14.5. The van der Waals surface area contributed by atoms with Crippen molar-refractivity contribution in [2.75, 3.05) is 0 Å². The largest absolute Gasteiger partial charge is 0.235 e. The Bertz CT molecular complexity index is 401. The maximum absolute atomic E-state index is 10.4. The van der Waals surface area contributed by atoms with Crippen LogP contribution in [0.25, 0.3) is 0 Å². The number of benzene rings is 1. The molecular formula is C13H15NO. The van der Waals surface area contributed by atoms with E-state index in [-0.39, 0.29) is 5.54 Å². The number of aryl methyl sites for hydroxylation is 1. The van der Waals surface area contributed by atoms with Gasteiger partial charge in [0.15, 0.2) is 0 Å². The van der Waals surface area contributed by atoms with Gasteiger partial charge in [0.1, 0.15) is 0 Å². The van der Waals surface area contributed by atoms with E-state index < -0.39 is 0 Å². The molecule has 2 rings (SSSR count). The molecule has 0 aromatic heterocycles. The third kappa shape index (κ3) is 1.73. The average molecular weight is 201 g/mol. The van der Waals surface area contributed by atoms with Crippen molar-refractivity contribution in [1.29, 1.82) is 0 Å². The van der Waals surface area contributed by atoms with Gasteiger partial charge in [-0.25, -0.2) is 4.79 Å². The van der Waals surface area contributed by atoms with Crippen LogP contribution in [0.15, 0.2) is 29.3 Å². The first-order valence-electron chi connectivity index (χ1n) is 5.49. The minimum atomic E-state index is -0.243. The number of rotatable bonds is 3. The number of hydrogen-bond donors (Lipinski definition) is 0. The minimum absolute atomic E-state index is 0.243. The molecule has 0 heterocycles. The summed E-state index contributed by atoms with van der Waals surface area (Å²) >= 11 is 0. The molecule has 78 valence electrons. The van der Waals surface area contributed by atoms with Crippen molar-refractivity contribution in [1.82, 2.24) is 0 Å². The van der Waals surface area contributed by atoms with Crippen molar-refractivity contribution in [2.24, 2.45) is 4.99 Å². The van der Waals surface area contributed by atoms with Crippen molar-refractivity contribution in [3.05, 3.63) is 35.4 Å². The second-order valence-corrected chi connectivity index (χ2v) is 4.14. The van der Waals surface area contributed by atoms with Gasteiger partial charge in [-0.05, 0) is 36.8 Å². The van der Waals surface area contributed by atoms with Crippen LogP contribution in [-0.4, -0.2) is 6.08 Å². The number of hydrogen-bond acceptors (Lipinski definition) is 2. The molecular weight excluding hydrogens is 186 g/mol. The summed E-state index contributed by atoms with van der Waals surface area (Å²) in [6, 6.07) is 8.40. The van der Waals surface area contributed by atoms with Crippen molar-refractivity contribution in [2.45, 2.75) is 38.1 Å². The van der Waals surface area contributed by atoms with E-state index in [1.807, 2.05) is 0 Å². The van der Waals surface area contributed by atoms with Crippen molar-refractivity contribution in [3.63, 3.8) is 0 Å². The lowest BCUT2D eigenvalue weighted by atomic mass is 9.72. The smallest absolute Gasteiger partial charge is 0.211 e. The first-order valence-corrected chi connectivity index (χ1v) is 5.49. The predicted octanol–water partition coefficient (Wildman–Crippen LogP) is 2.96. The molecule has 1 aromatic carbocycles. The van der Waals surface area contributed by atoms with Gasteiger partial charge in [0.25, 0.3) is 0 Å². The van der Waals surface area contributed by atoms with Crippen LogP contribution in [0.2, 0.25) is 0 Å². The number of aliphatic imine (C=N–C) groups is 1. The van der Waals surface area contributed by atoms with Gasteiger partial charge in [-0.3, -0.25) is 0 Å². The molecule has 15 heavy (non-hydrogen) atoms. The molecule has 2 nitrogen and oxygen atoms in total. The summed E-state index contributed by atoms with van der Waals surface area (Å²) in [6.45, 7) is 2.13. The maximum Gasteiger partial charge on any atom is 0.235 e. The highest BCUT2D eigenvalue weighted by Gasteiger charge is 2.38. The van der Waals surface area contributed by atoms with E-state index in [9.17, 15) is 4.79 Å². The van der Waals surface area contributed by atoms with E-state index in [1.54, 1.807) is 6.08 Å². The molecule has 0 aliphatic heterocycles. The quantitative estimate of drug-likeness (QED) is 0.546. The zero-order chi connectivity index (χ0) is 10.7. The minimum Gasteiger partial charge on any atom is -0.211 e. The average Bonchev–Trinajstić information content (AvgIpc) is 2.23. The fourth-order valence-corrected chi connectivity index (χ4v) is 2.14. The SMILES string of the molecule is CCc1cccc(C2(N=C=O)CCC2)c1. The lowest BCUT2D eigenvalue weighted by molar-refractivity contribution is 0.256. The van der Waals surface area contributed by atoms with Gasteiger partial charge in [0, 0.05) is 0 Å². The predicted molar refractivity (Wildman–Crippen MR) is 59.5 cm³/mol. The second kappa shape index (κ2) is 4.00. The molecule has 0 amide bonds. The highest BCUT2D eigenvalue weighted by Crippen LogP contribution is 2.44. The summed E-state index contributed by atoms with van der Waals surface area (Å²) in [6.07, 6.45) is 5.86. The van der Waals surface area contributed by atoms with E-state index >= 15 is 0 Å². The first kappa shape index (κ1) is 10.1. The van der Waals surface area contributed by atoms with Gasteiger partial charge in [0.2, 0.25) is 6.08 Å². The molecule has 1 aliphatic carbocycles. The summed E-state index contributed by atoms with van der Waals surface area (Å²) in [5.41, 5.74) is 2.24. The van der Waals surface area contributed by atoms with Crippen LogP contribution < -0.4 is 0 Å². The van der Waals surface area contributed by atoms with E-state index in [1.165, 1.54) is 11.1 Å². The van der Waals surface area contributed by atoms with Crippen LogP contribution in [0.5, 0.6) is 0 Å². The van der Waals surface area contributed by atoms with Crippen molar-refractivity contribution < 1.29 is 4.79 Å². The molecule has 0 radical (unpaired) electrons. The van der Waals surface area contributed by atoms with Crippen LogP contribution in [0.1, 0.15) is 37.3 Å². The Kier molecular flexibility index (Phi) is 2.70. The summed E-state index contributed by atoms with van der Waals surface area (Å²) in [5, 5.41) is 0. The fraction of sp³-hybridized carbons (Fsp3) is 0.462. The lowest BCUT2D eigenvalue weighted by Crippen LogP contribution is -2.31. The highest BCUT2D eigenvalue weighted by atomic mass is 16.1. The van der Waals surface area contributed by atoms with Gasteiger partial charge in [-0.2, -0.15) is 4.99 Å². The topological polar surface area (TPSA) is 29.4 Å². The zero-order valence-corrected chi connectivity index (χ0v) is 8.99.